The van der Waals surface area contributed by atoms with Crippen LogP contribution in [0, 0.1) is 6.92 Å². The lowest BCUT2D eigenvalue weighted by Crippen LogP contribution is -2.44. The Morgan fingerprint density at radius 1 is 1.31 bits per heavy atom. The second-order valence-electron chi connectivity index (χ2n) is 5.63. The van der Waals surface area contributed by atoms with E-state index in [1.807, 2.05) is 0 Å². The number of nitrogens with zero attached hydrogens (tertiary/aromatic N) is 1. The Bertz CT molecular complexity index is 715. The number of ether oxygens (including phenoxy) is 1. The zero-order chi connectivity index (χ0) is 20.0. The molecule has 1 aromatic rings. The molecule has 2 amide bonds. The van der Waals surface area contributed by atoms with E-state index in [-0.39, 0.29) is 23.0 Å². The molecule has 0 aromatic carbocycles. The fraction of sp³-hybridized carbons (Fsp3) is 0.467. The number of hydrogen-bond acceptors (Lipinski definition) is 7. The molecule has 1 atom stereocenters. The van der Waals surface area contributed by atoms with Gasteiger partial charge in [-0.1, -0.05) is 0 Å². The average Bonchev–Trinajstić information content (AvgIpc) is 2.86. The van der Waals surface area contributed by atoms with Gasteiger partial charge in [-0.3, -0.25) is 20.4 Å². The molecule has 0 fully saturated rings. The molecule has 4 N–H and O–H groups in total. The van der Waals surface area contributed by atoms with E-state index in [0.717, 1.165) is 11.3 Å². The number of thiophene rings is 1. The fourth-order valence-electron chi connectivity index (χ4n) is 1.94. The van der Waals surface area contributed by atoms with Crippen LogP contribution in [0.3, 0.4) is 0 Å². The summed E-state index contributed by atoms with van der Waals surface area (Å²) in [5, 5.41) is 12.3. The van der Waals surface area contributed by atoms with Crippen LogP contribution in [-0.4, -0.2) is 60.2 Å². The van der Waals surface area contributed by atoms with Gasteiger partial charge in [0.15, 0.2) is 5.11 Å². The largest absolute Gasteiger partial charge is 0.465 e. The van der Waals surface area contributed by atoms with Crippen LogP contribution in [0.15, 0.2) is 0 Å². The first-order chi connectivity index (χ1) is 12.1. The Morgan fingerprint density at radius 2 is 1.92 bits per heavy atom. The van der Waals surface area contributed by atoms with Crippen LogP contribution in [0.4, 0.5) is 5.00 Å². The molecule has 1 rings (SSSR count). The number of methoxy groups -OCH3 is 1. The van der Waals surface area contributed by atoms with Gasteiger partial charge in [-0.2, -0.15) is 0 Å². The van der Waals surface area contributed by atoms with Crippen molar-refractivity contribution in [1.29, 1.82) is 0 Å². The van der Waals surface area contributed by atoms with E-state index < -0.39 is 18.0 Å². The van der Waals surface area contributed by atoms with Crippen molar-refractivity contribution in [3.8, 4) is 0 Å². The Labute approximate surface area is 160 Å². The van der Waals surface area contributed by atoms with Gasteiger partial charge in [0.1, 0.15) is 5.00 Å². The number of rotatable bonds is 5. The zero-order valence-electron chi connectivity index (χ0n) is 15.1. The average molecular weight is 402 g/mol. The van der Waals surface area contributed by atoms with Crippen molar-refractivity contribution in [2.75, 3.05) is 26.5 Å². The molecule has 0 spiro atoms. The number of nitrogens with one attached hydrogen (secondary N) is 3. The minimum absolute atomic E-state index is 0.0131. The van der Waals surface area contributed by atoms with Gasteiger partial charge < -0.3 is 20.1 Å². The number of hydrogen-bond donors (Lipinski definition) is 4. The van der Waals surface area contributed by atoms with Crippen molar-refractivity contribution >= 4 is 51.5 Å². The van der Waals surface area contributed by atoms with E-state index in [4.69, 9.17) is 22.1 Å². The molecule has 0 unspecified atom stereocenters. The molecule has 1 heterocycles. The van der Waals surface area contributed by atoms with Gasteiger partial charge in [0.05, 0.1) is 30.1 Å². The van der Waals surface area contributed by atoms with E-state index in [1.165, 1.54) is 18.9 Å². The standard InChI is InChI=1S/C15H22N4O5S2/c1-7(20)6-9(21)17-18-15(25)16-12-10(14(23)24-5)8(2)11(26-12)13(22)19(3)4/h7,20H,6H2,1-5H3,(H,17,21)(H2,16,18,25)/t7-/m0/s1. The lowest BCUT2D eigenvalue weighted by molar-refractivity contribution is -0.123. The van der Waals surface area contributed by atoms with Crippen LogP contribution in [0.25, 0.3) is 0 Å². The molecule has 0 saturated heterocycles. The Hall–Kier alpha value is -2.24. The van der Waals surface area contributed by atoms with Crippen LogP contribution in [0.2, 0.25) is 0 Å². The lowest BCUT2D eigenvalue weighted by atomic mass is 10.1. The molecule has 0 saturated carbocycles. The van der Waals surface area contributed by atoms with Gasteiger partial charge in [0.2, 0.25) is 5.91 Å². The quantitative estimate of drug-likeness (QED) is 0.322. The number of amides is 2. The molecule has 0 aliphatic rings. The summed E-state index contributed by atoms with van der Waals surface area (Å²) >= 11 is 6.14. The highest BCUT2D eigenvalue weighted by molar-refractivity contribution is 7.80. The molecule has 1 aromatic heterocycles. The van der Waals surface area contributed by atoms with E-state index >= 15 is 0 Å². The van der Waals surface area contributed by atoms with Crippen molar-refractivity contribution < 1.29 is 24.2 Å². The number of thiocarbonyl (C=S) groups is 1. The maximum absolute atomic E-state index is 12.3. The van der Waals surface area contributed by atoms with Crippen molar-refractivity contribution in [3.05, 3.63) is 16.0 Å². The molecule has 26 heavy (non-hydrogen) atoms. The summed E-state index contributed by atoms with van der Waals surface area (Å²) in [7, 11) is 4.45. The number of anilines is 1. The Kier molecular flexibility index (Phi) is 7.93. The number of aliphatic hydroxyl groups excluding tert-OH is 1. The summed E-state index contributed by atoms with van der Waals surface area (Å²) < 4.78 is 4.78. The highest BCUT2D eigenvalue weighted by Gasteiger charge is 2.26. The molecule has 0 radical (unpaired) electrons. The number of carbonyl (C=O) groups is 3. The van der Waals surface area contributed by atoms with Crippen LogP contribution >= 0.6 is 23.6 Å². The summed E-state index contributed by atoms with van der Waals surface area (Å²) in [5.74, 6) is -1.32. The number of esters is 1. The molecule has 9 nitrogen and oxygen atoms in total. The van der Waals surface area contributed by atoms with Crippen LogP contribution in [0.1, 0.15) is 38.9 Å². The predicted molar refractivity (Wildman–Crippen MR) is 102 cm³/mol. The molecular weight excluding hydrogens is 380 g/mol. The van der Waals surface area contributed by atoms with E-state index in [0.29, 0.717) is 15.4 Å². The number of carbonyl (C=O) groups excluding carboxylic acids is 3. The first-order valence-corrected chi connectivity index (χ1v) is 8.78. The fourth-order valence-corrected chi connectivity index (χ4v) is 3.38. The number of hydrazine groups is 1. The van der Waals surface area contributed by atoms with Gasteiger partial charge in [-0.15, -0.1) is 11.3 Å². The summed E-state index contributed by atoms with van der Waals surface area (Å²) in [6.45, 7) is 3.13. The smallest absolute Gasteiger partial charge is 0.341 e. The predicted octanol–water partition coefficient (Wildman–Crippen LogP) is 0.633. The van der Waals surface area contributed by atoms with E-state index in [2.05, 4.69) is 16.2 Å². The zero-order valence-corrected chi connectivity index (χ0v) is 16.8. The van der Waals surface area contributed by atoms with Crippen molar-refractivity contribution in [2.45, 2.75) is 26.4 Å². The van der Waals surface area contributed by atoms with Gasteiger partial charge >= 0.3 is 5.97 Å². The monoisotopic (exact) mass is 402 g/mol. The minimum Gasteiger partial charge on any atom is -0.465 e. The molecule has 11 heteroatoms. The molecule has 0 bridgehead atoms. The molecule has 144 valence electrons. The normalized spacial score (nSPS) is 11.3. The number of aliphatic hydroxyl groups is 1. The Morgan fingerprint density at radius 3 is 2.42 bits per heavy atom. The van der Waals surface area contributed by atoms with Crippen LogP contribution in [-0.2, 0) is 9.53 Å². The summed E-state index contributed by atoms with van der Waals surface area (Å²) in [5.41, 5.74) is 5.46. The van der Waals surface area contributed by atoms with Crippen molar-refractivity contribution in [2.24, 2.45) is 0 Å². The topological polar surface area (TPSA) is 120 Å². The highest BCUT2D eigenvalue weighted by atomic mass is 32.1. The third-order valence-electron chi connectivity index (χ3n) is 3.16. The summed E-state index contributed by atoms with van der Waals surface area (Å²) in [4.78, 5) is 37.6. The van der Waals surface area contributed by atoms with E-state index in [1.54, 1.807) is 21.0 Å². The second kappa shape index (κ2) is 9.46. The first kappa shape index (κ1) is 21.8. The summed E-state index contributed by atoms with van der Waals surface area (Å²) in [6, 6.07) is 0. The van der Waals surface area contributed by atoms with Crippen LogP contribution < -0.4 is 16.2 Å². The molecule has 0 aliphatic carbocycles. The van der Waals surface area contributed by atoms with Crippen LogP contribution in [0.5, 0.6) is 0 Å². The first-order valence-electron chi connectivity index (χ1n) is 7.55. The maximum Gasteiger partial charge on any atom is 0.341 e. The third kappa shape index (κ3) is 5.64. The Balaban J connectivity index is 2.98. The van der Waals surface area contributed by atoms with Gasteiger partial charge in [0.25, 0.3) is 5.91 Å². The third-order valence-corrected chi connectivity index (χ3v) is 4.56. The van der Waals surface area contributed by atoms with Crippen molar-refractivity contribution in [1.82, 2.24) is 15.8 Å². The van der Waals surface area contributed by atoms with Gasteiger partial charge in [-0.25, -0.2) is 4.79 Å². The molecule has 0 aliphatic heterocycles. The molecular formula is C15H22N4O5S2. The van der Waals surface area contributed by atoms with E-state index in [9.17, 15) is 14.4 Å². The maximum atomic E-state index is 12.3. The highest BCUT2D eigenvalue weighted by Crippen LogP contribution is 2.34. The van der Waals surface area contributed by atoms with Gasteiger partial charge in [-0.05, 0) is 31.6 Å². The van der Waals surface area contributed by atoms with Crippen molar-refractivity contribution in [3.63, 3.8) is 0 Å². The van der Waals surface area contributed by atoms with Gasteiger partial charge in [0, 0.05) is 14.1 Å². The summed E-state index contributed by atoms with van der Waals surface area (Å²) in [6.07, 6.45) is -0.883. The second-order valence-corrected chi connectivity index (χ2v) is 7.06. The minimum atomic E-state index is -0.788. The lowest BCUT2D eigenvalue weighted by Gasteiger charge is -2.12. The SMILES string of the molecule is COC(=O)c1c(NC(=S)NNC(=O)C[C@H](C)O)sc(C(=O)N(C)C)c1C.